The van der Waals surface area contributed by atoms with Crippen LogP contribution in [0.4, 0.5) is 13.2 Å². The predicted octanol–water partition coefficient (Wildman–Crippen LogP) is 5.35. The molecule has 34 heavy (non-hydrogen) atoms. The number of amidine groups is 1. The van der Waals surface area contributed by atoms with Crippen LogP contribution in [0.1, 0.15) is 55.2 Å². The van der Waals surface area contributed by atoms with Crippen LogP contribution in [-0.2, 0) is 21.4 Å². The number of nitrogens with zero attached hydrogens (tertiary/aromatic N) is 2. The van der Waals surface area contributed by atoms with E-state index in [4.69, 9.17) is 0 Å². The largest absolute Gasteiger partial charge is 0.417 e. The summed E-state index contributed by atoms with van der Waals surface area (Å²) in [7, 11) is -1.55. The van der Waals surface area contributed by atoms with E-state index in [0.29, 0.717) is 10.7 Å². The number of rotatable bonds is 5. The van der Waals surface area contributed by atoms with Crippen molar-refractivity contribution in [3.05, 3.63) is 65.2 Å². The third-order valence-corrected chi connectivity index (χ3v) is 8.64. The van der Waals surface area contributed by atoms with Gasteiger partial charge in [0.2, 0.25) is 0 Å². The van der Waals surface area contributed by atoms with Gasteiger partial charge in [0.15, 0.2) is 9.84 Å². The van der Waals surface area contributed by atoms with Crippen molar-refractivity contribution >= 4 is 21.9 Å². The van der Waals surface area contributed by atoms with Crippen LogP contribution >= 0.6 is 0 Å². The first-order valence-electron chi connectivity index (χ1n) is 11.2. The fourth-order valence-corrected chi connectivity index (χ4v) is 6.10. The molecule has 3 fully saturated rings. The average Bonchev–Trinajstić information content (AvgIpc) is 2.82. The Bertz CT molecular complexity index is 1190. The van der Waals surface area contributed by atoms with Gasteiger partial charge >= 0.3 is 6.18 Å². The van der Waals surface area contributed by atoms with E-state index in [2.05, 4.69) is 15.5 Å². The zero-order valence-corrected chi connectivity index (χ0v) is 20.0. The van der Waals surface area contributed by atoms with E-state index in [1.54, 1.807) is 25.2 Å². The number of nitrogens with one attached hydrogen (secondary N) is 1. The summed E-state index contributed by atoms with van der Waals surface area (Å²) in [5.74, 6) is 0.703. The highest BCUT2D eigenvalue weighted by Crippen LogP contribution is 2.58. The highest BCUT2D eigenvalue weighted by molar-refractivity contribution is 7.90. The quantitative estimate of drug-likeness (QED) is 0.348. The Morgan fingerprint density at radius 2 is 1.56 bits per heavy atom. The first kappa shape index (κ1) is 24.4. The molecule has 0 aliphatic heterocycles. The van der Waals surface area contributed by atoms with Gasteiger partial charge in [-0.05, 0) is 67.7 Å². The molecule has 5 rings (SSSR count). The van der Waals surface area contributed by atoms with Gasteiger partial charge in [0.05, 0.1) is 16.7 Å². The molecule has 2 aromatic rings. The van der Waals surface area contributed by atoms with Gasteiger partial charge in [-0.3, -0.25) is 10.4 Å². The third kappa shape index (κ3) is 4.62. The lowest BCUT2D eigenvalue weighted by molar-refractivity contribution is -0.137. The van der Waals surface area contributed by atoms with Gasteiger partial charge in [-0.25, -0.2) is 8.42 Å². The van der Waals surface area contributed by atoms with Crippen LogP contribution in [0.25, 0.3) is 0 Å². The summed E-state index contributed by atoms with van der Waals surface area (Å²) in [5, 5.41) is 4.12. The second-order valence-corrected chi connectivity index (χ2v) is 11.4. The molecule has 0 heterocycles. The van der Waals surface area contributed by atoms with Crippen LogP contribution in [0.3, 0.4) is 0 Å². The molecule has 0 radical (unpaired) electrons. The van der Waals surface area contributed by atoms with E-state index >= 15 is 0 Å². The first-order valence-corrected chi connectivity index (χ1v) is 13.1. The molecule has 0 amide bonds. The van der Waals surface area contributed by atoms with E-state index in [1.807, 2.05) is 12.1 Å². The average molecular weight is 492 g/mol. The van der Waals surface area contributed by atoms with Gasteiger partial charge in [-0.15, -0.1) is 0 Å². The fourth-order valence-electron chi connectivity index (χ4n) is 5.47. The maximum Gasteiger partial charge on any atom is 0.417 e. The van der Waals surface area contributed by atoms with Crippen molar-refractivity contribution in [1.82, 2.24) is 5.43 Å². The highest BCUT2D eigenvalue weighted by Gasteiger charge is 2.51. The Balaban J connectivity index is 1.47. The number of hydrogen-bond donors (Lipinski definition) is 1. The number of hydrogen-bond acceptors (Lipinski definition) is 4. The van der Waals surface area contributed by atoms with Crippen molar-refractivity contribution < 1.29 is 21.6 Å². The summed E-state index contributed by atoms with van der Waals surface area (Å²) in [4.78, 5) is 4.74. The number of alkyl halides is 3. The number of hydrazone groups is 1. The van der Waals surface area contributed by atoms with Gasteiger partial charge in [0.25, 0.3) is 0 Å². The monoisotopic (exact) mass is 491 g/mol. The molecular weight excluding hydrogens is 463 g/mol. The van der Waals surface area contributed by atoms with Crippen LogP contribution in [0.15, 0.2) is 63.5 Å². The Kier molecular flexibility index (Phi) is 6.35. The molecule has 3 saturated carbocycles. The van der Waals surface area contributed by atoms with Gasteiger partial charge in [-0.1, -0.05) is 30.3 Å². The maximum atomic E-state index is 13.2. The van der Waals surface area contributed by atoms with Gasteiger partial charge in [0, 0.05) is 24.3 Å². The lowest BCUT2D eigenvalue weighted by Crippen LogP contribution is -2.51. The number of benzene rings is 2. The number of aliphatic imine (C=N–C) groups is 1. The van der Waals surface area contributed by atoms with Crippen molar-refractivity contribution in [1.29, 1.82) is 0 Å². The Labute approximate surface area is 198 Å². The second kappa shape index (κ2) is 8.83. The van der Waals surface area contributed by atoms with Crippen molar-refractivity contribution in [2.45, 2.75) is 55.0 Å². The molecule has 3 aliphatic carbocycles. The Morgan fingerprint density at radius 1 is 0.971 bits per heavy atom. The highest BCUT2D eigenvalue weighted by atomic mass is 32.2. The molecule has 182 valence electrons. The van der Waals surface area contributed by atoms with Gasteiger partial charge in [-0.2, -0.15) is 18.3 Å². The molecule has 5 nitrogen and oxygen atoms in total. The normalized spacial score (nSPS) is 25.6. The zero-order valence-electron chi connectivity index (χ0n) is 19.2. The molecule has 2 aromatic carbocycles. The molecule has 0 spiro atoms. The first-order chi connectivity index (χ1) is 16.0. The van der Waals surface area contributed by atoms with Gasteiger partial charge < -0.3 is 0 Å². The van der Waals surface area contributed by atoms with Crippen LogP contribution in [-0.4, -0.2) is 33.8 Å². The van der Waals surface area contributed by atoms with Crippen LogP contribution < -0.4 is 5.43 Å². The number of halogens is 3. The smallest absolute Gasteiger partial charge is 0.274 e. The van der Waals surface area contributed by atoms with Crippen LogP contribution in [0, 0.1) is 5.41 Å². The predicted molar refractivity (Wildman–Crippen MR) is 127 cm³/mol. The van der Waals surface area contributed by atoms with Gasteiger partial charge in [0.1, 0.15) is 5.84 Å². The standard InChI is InChI=1S/C25H28F3N3O2S/c1-29-22(31-30-17-18-5-3-4-6-21(18)25(26,27)28)24-14-11-23(12-15-24,13-16-24)19-7-9-20(10-8-19)34(2,32)33/h3-10,17H,11-16H2,1-2H3,(H,29,31). The summed E-state index contributed by atoms with van der Waals surface area (Å²) in [6.07, 6.45) is 3.42. The summed E-state index contributed by atoms with van der Waals surface area (Å²) in [6.45, 7) is 0. The van der Waals surface area contributed by atoms with Crippen molar-refractivity contribution in [2.24, 2.45) is 15.5 Å². The zero-order chi connectivity index (χ0) is 24.6. The Hall–Kier alpha value is -2.68. The summed E-state index contributed by atoms with van der Waals surface area (Å²) in [6, 6.07) is 12.6. The molecule has 2 bridgehead atoms. The maximum absolute atomic E-state index is 13.2. The Morgan fingerprint density at radius 3 is 2.09 bits per heavy atom. The molecule has 9 heteroatoms. The third-order valence-electron chi connectivity index (χ3n) is 7.51. The van der Waals surface area contributed by atoms with Crippen molar-refractivity contribution in [3.63, 3.8) is 0 Å². The van der Waals surface area contributed by atoms with Crippen LogP contribution in [0.5, 0.6) is 0 Å². The second-order valence-electron chi connectivity index (χ2n) is 9.38. The van der Waals surface area contributed by atoms with Crippen molar-refractivity contribution in [3.8, 4) is 0 Å². The minimum absolute atomic E-state index is 0.000649. The van der Waals surface area contributed by atoms with E-state index < -0.39 is 21.6 Å². The minimum atomic E-state index is -4.45. The lowest BCUT2D eigenvalue weighted by Gasteiger charge is -2.53. The van der Waals surface area contributed by atoms with Crippen LogP contribution in [0.2, 0.25) is 0 Å². The van der Waals surface area contributed by atoms with E-state index in [0.717, 1.165) is 50.2 Å². The topological polar surface area (TPSA) is 70.9 Å². The molecule has 3 aliphatic rings. The molecule has 0 atom stereocenters. The minimum Gasteiger partial charge on any atom is -0.274 e. The molecule has 0 saturated heterocycles. The molecular formula is C25H28F3N3O2S. The number of fused-ring (bicyclic) bond motifs is 3. The summed E-state index contributed by atoms with van der Waals surface area (Å²) < 4.78 is 63.3. The summed E-state index contributed by atoms with van der Waals surface area (Å²) >= 11 is 0. The van der Waals surface area contributed by atoms with E-state index in [9.17, 15) is 21.6 Å². The van der Waals surface area contributed by atoms with E-state index in [-0.39, 0.29) is 16.4 Å². The molecule has 0 aromatic heterocycles. The summed E-state index contributed by atoms with van der Waals surface area (Å²) in [5.41, 5.74) is 3.23. The number of sulfone groups is 1. The van der Waals surface area contributed by atoms with Crippen molar-refractivity contribution in [2.75, 3.05) is 13.3 Å². The molecule has 0 unspecified atom stereocenters. The fraction of sp³-hybridized carbons (Fsp3) is 0.440. The SMILES string of the molecule is CN=C(NN=Cc1ccccc1C(F)(F)F)C12CCC(c3ccc(S(C)(=O)=O)cc3)(CC1)CC2. The lowest BCUT2D eigenvalue weighted by atomic mass is 9.51. The van der Waals surface area contributed by atoms with E-state index in [1.165, 1.54) is 24.6 Å². The molecule has 1 N–H and O–H groups in total.